The molecule has 32 heavy (non-hydrogen) atoms. The summed E-state index contributed by atoms with van der Waals surface area (Å²) in [6, 6.07) is 10.9. The van der Waals surface area contributed by atoms with Gasteiger partial charge in [0.15, 0.2) is 11.5 Å². The number of anilines is 1. The number of methoxy groups -OCH3 is 1. The van der Waals surface area contributed by atoms with Crippen molar-refractivity contribution in [2.24, 2.45) is 0 Å². The fourth-order valence-electron chi connectivity index (χ4n) is 3.09. The minimum atomic E-state index is -0.513. The second kappa shape index (κ2) is 10.7. The molecule has 0 unspecified atom stereocenters. The van der Waals surface area contributed by atoms with Gasteiger partial charge in [-0.3, -0.25) is 19.3 Å². The molecular weight excluding hydrogens is 496 g/mol. The van der Waals surface area contributed by atoms with Crippen LogP contribution in [0.1, 0.15) is 25.0 Å². The van der Waals surface area contributed by atoms with Crippen LogP contribution in [0, 0.1) is 0 Å². The van der Waals surface area contributed by atoms with Gasteiger partial charge in [0.05, 0.1) is 23.1 Å². The van der Waals surface area contributed by atoms with Crippen molar-refractivity contribution in [3.8, 4) is 11.5 Å². The van der Waals surface area contributed by atoms with Crippen molar-refractivity contribution in [3.05, 3.63) is 56.9 Å². The fourth-order valence-corrected chi connectivity index (χ4v) is 4.55. The van der Waals surface area contributed by atoms with Crippen LogP contribution in [0.15, 0.2) is 45.8 Å². The van der Waals surface area contributed by atoms with Gasteiger partial charge in [0.25, 0.3) is 11.1 Å². The van der Waals surface area contributed by atoms with Crippen LogP contribution < -0.4 is 14.8 Å². The Balaban J connectivity index is 1.73. The van der Waals surface area contributed by atoms with Gasteiger partial charge in [-0.05, 0) is 82.5 Å². The van der Waals surface area contributed by atoms with E-state index >= 15 is 0 Å². The predicted octanol–water partition coefficient (Wildman–Crippen LogP) is 5.09. The van der Waals surface area contributed by atoms with E-state index in [1.165, 1.54) is 7.11 Å². The molecule has 9 heteroatoms. The Morgan fingerprint density at radius 1 is 1.19 bits per heavy atom. The second-order valence-electron chi connectivity index (χ2n) is 6.83. The van der Waals surface area contributed by atoms with Gasteiger partial charge in [-0.15, -0.1) is 0 Å². The average molecular weight is 519 g/mol. The van der Waals surface area contributed by atoms with Crippen molar-refractivity contribution in [2.45, 2.75) is 20.3 Å². The number of carbonyl (C=O) groups is 3. The highest BCUT2D eigenvalue weighted by atomic mass is 79.9. The number of nitrogens with one attached hydrogen (secondary N) is 1. The second-order valence-corrected chi connectivity index (χ2v) is 8.68. The number of rotatable bonds is 8. The molecule has 0 aromatic heterocycles. The van der Waals surface area contributed by atoms with Crippen molar-refractivity contribution >= 4 is 56.5 Å². The van der Waals surface area contributed by atoms with Crippen molar-refractivity contribution in [1.82, 2.24) is 4.90 Å². The number of nitrogens with zero attached hydrogens (tertiary/aromatic N) is 1. The lowest BCUT2D eigenvalue weighted by atomic mass is 10.1. The van der Waals surface area contributed by atoms with Gasteiger partial charge >= 0.3 is 0 Å². The lowest BCUT2D eigenvalue weighted by molar-refractivity contribution is -0.127. The molecule has 7 nitrogen and oxygen atoms in total. The van der Waals surface area contributed by atoms with Gasteiger partial charge in [-0.2, -0.15) is 0 Å². The molecule has 0 saturated carbocycles. The zero-order chi connectivity index (χ0) is 23.3. The lowest BCUT2D eigenvalue weighted by Gasteiger charge is -2.13. The first kappa shape index (κ1) is 23.9. The van der Waals surface area contributed by atoms with E-state index in [0.717, 1.165) is 28.6 Å². The van der Waals surface area contributed by atoms with Gasteiger partial charge in [0, 0.05) is 5.69 Å². The molecule has 1 aliphatic heterocycles. The SMILES string of the molecule is CCOc1cc(/C=C2/SC(=O)N(CC(=O)Nc3ccc(CC)cc3)C2=O)cc(Br)c1OC. The molecule has 0 aliphatic carbocycles. The van der Waals surface area contributed by atoms with E-state index in [-0.39, 0.29) is 11.4 Å². The highest BCUT2D eigenvalue weighted by Gasteiger charge is 2.36. The normalized spacial score (nSPS) is 14.8. The van der Waals surface area contributed by atoms with Crippen LogP contribution in [0.2, 0.25) is 0 Å². The van der Waals surface area contributed by atoms with E-state index in [1.807, 2.05) is 26.0 Å². The Hall–Kier alpha value is -2.78. The molecule has 2 aromatic rings. The summed E-state index contributed by atoms with van der Waals surface area (Å²) in [5.41, 5.74) is 2.42. The predicted molar refractivity (Wildman–Crippen MR) is 129 cm³/mol. The summed E-state index contributed by atoms with van der Waals surface area (Å²) in [6.45, 7) is 3.99. The number of hydrogen-bond acceptors (Lipinski definition) is 6. The quantitative estimate of drug-likeness (QED) is 0.489. The van der Waals surface area contributed by atoms with Gasteiger partial charge in [-0.25, -0.2) is 0 Å². The monoisotopic (exact) mass is 518 g/mol. The number of benzene rings is 2. The van der Waals surface area contributed by atoms with E-state index in [2.05, 4.69) is 21.2 Å². The highest BCUT2D eigenvalue weighted by molar-refractivity contribution is 9.10. The number of thioether (sulfide) groups is 1. The lowest BCUT2D eigenvalue weighted by Crippen LogP contribution is -2.36. The summed E-state index contributed by atoms with van der Waals surface area (Å²) in [5, 5.41) is 2.23. The molecule has 2 aromatic carbocycles. The average Bonchev–Trinajstić information content (AvgIpc) is 3.01. The summed E-state index contributed by atoms with van der Waals surface area (Å²) in [5.74, 6) is 0.106. The van der Waals surface area contributed by atoms with Gasteiger partial charge < -0.3 is 14.8 Å². The van der Waals surface area contributed by atoms with Gasteiger partial charge in [-0.1, -0.05) is 19.1 Å². The summed E-state index contributed by atoms with van der Waals surface area (Å²) in [7, 11) is 1.54. The van der Waals surface area contributed by atoms with Crippen molar-refractivity contribution < 1.29 is 23.9 Å². The third-order valence-corrected chi connectivity index (χ3v) is 6.15. The number of carbonyl (C=O) groups excluding carboxylic acids is 3. The highest BCUT2D eigenvalue weighted by Crippen LogP contribution is 2.39. The largest absolute Gasteiger partial charge is 0.492 e. The first-order valence-electron chi connectivity index (χ1n) is 10.0. The van der Waals surface area contributed by atoms with Gasteiger partial charge in [0.1, 0.15) is 6.54 Å². The maximum atomic E-state index is 12.8. The van der Waals surface area contributed by atoms with Crippen LogP contribution in [0.5, 0.6) is 11.5 Å². The molecule has 1 fully saturated rings. The maximum Gasteiger partial charge on any atom is 0.294 e. The Morgan fingerprint density at radius 3 is 2.53 bits per heavy atom. The number of hydrogen-bond donors (Lipinski definition) is 1. The van der Waals surface area contributed by atoms with E-state index < -0.39 is 17.1 Å². The Labute approximate surface area is 199 Å². The van der Waals surface area contributed by atoms with E-state index in [9.17, 15) is 14.4 Å². The molecule has 0 spiro atoms. The zero-order valence-corrected chi connectivity index (χ0v) is 20.3. The Morgan fingerprint density at radius 2 is 1.91 bits per heavy atom. The van der Waals surface area contributed by atoms with Crippen molar-refractivity contribution in [3.63, 3.8) is 0 Å². The van der Waals surface area contributed by atoms with Crippen molar-refractivity contribution in [2.75, 3.05) is 25.6 Å². The maximum absolute atomic E-state index is 12.8. The fraction of sp³-hybridized carbons (Fsp3) is 0.261. The third kappa shape index (κ3) is 5.52. The van der Waals surface area contributed by atoms with Crippen LogP contribution in [-0.4, -0.2) is 42.2 Å². The van der Waals surface area contributed by atoms with E-state index in [0.29, 0.717) is 33.8 Å². The summed E-state index contributed by atoms with van der Waals surface area (Å²) in [4.78, 5) is 38.7. The van der Waals surface area contributed by atoms with Crippen LogP contribution in [-0.2, 0) is 16.0 Å². The van der Waals surface area contributed by atoms with Crippen LogP contribution >= 0.6 is 27.7 Å². The van der Waals surface area contributed by atoms with Crippen LogP contribution in [0.4, 0.5) is 10.5 Å². The molecule has 1 saturated heterocycles. The molecule has 1 N–H and O–H groups in total. The first-order chi connectivity index (χ1) is 15.4. The number of halogens is 1. The molecule has 3 amide bonds. The van der Waals surface area contributed by atoms with Gasteiger partial charge in [0.2, 0.25) is 5.91 Å². The Kier molecular flexibility index (Phi) is 7.98. The number of ether oxygens (including phenoxy) is 2. The zero-order valence-electron chi connectivity index (χ0n) is 17.9. The topological polar surface area (TPSA) is 84.9 Å². The van der Waals surface area contributed by atoms with Crippen LogP contribution in [0.3, 0.4) is 0 Å². The smallest absolute Gasteiger partial charge is 0.294 e. The molecular formula is C23H23BrN2O5S. The van der Waals surface area contributed by atoms with Crippen LogP contribution in [0.25, 0.3) is 6.08 Å². The Bertz CT molecular complexity index is 1070. The van der Waals surface area contributed by atoms with E-state index in [1.54, 1.807) is 30.3 Å². The van der Waals surface area contributed by atoms with E-state index in [4.69, 9.17) is 9.47 Å². The summed E-state index contributed by atoms with van der Waals surface area (Å²) in [6.07, 6.45) is 2.49. The van der Waals surface area contributed by atoms with Crippen molar-refractivity contribution in [1.29, 1.82) is 0 Å². The number of aryl methyl sites for hydroxylation is 1. The minimum absolute atomic E-state index is 0.231. The summed E-state index contributed by atoms with van der Waals surface area (Å²) >= 11 is 4.23. The first-order valence-corrected chi connectivity index (χ1v) is 11.6. The minimum Gasteiger partial charge on any atom is -0.492 e. The summed E-state index contributed by atoms with van der Waals surface area (Å²) < 4.78 is 11.6. The molecule has 1 aliphatic rings. The standard InChI is InChI=1S/C23H23BrN2O5S/c1-4-14-6-8-16(9-7-14)25-20(27)13-26-22(28)19(32-23(26)29)12-15-10-17(24)21(30-3)18(11-15)31-5-2/h6-12H,4-5,13H2,1-3H3,(H,25,27)/b19-12+. The molecule has 3 rings (SSSR count). The third-order valence-electron chi connectivity index (χ3n) is 4.65. The molecule has 168 valence electrons. The molecule has 0 atom stereocenters. The molecule has 1 heterocycles. The molecule has 0 radical (unpaired) electrons. The molecule has 0 bridgehead atoms. The number of amides is 3. The number of imide groups is 1.